The van der Waals surface area contributed by atoms with Crippen LogP contribution in [0.2, 0.25) is 0 Å². The van der Waals surface area contributed by atoms with Crippen LogP contribution < -0.4 is 0 Å². The van der Waals surface area contributed by atoms with E-state index in [9.17, 15) is 13.2 Å². The second-order valence-corrected chi connectivity index (χ2v) is 7.84. The van der Waals surface area contributed by atoms with Gasteiger partial charge < -0.3 is 4.57 Å². The van der Waals surface area contributed by atoms with Gasteiger partial charge in [-0.25, -0.2) is 12.7 Å². The normalized spacial score (nSPS) is 11.3. The Morgan fingerprint density at radius 1 is 1.15 bits per heavy atom. The molecule has 2 aromatic carbocycles. The smallest absolute Gasteiger partial charge is 0.285 e. The lowest BCUT2D eigenvalue weighted by molar-refractivity contribution is 0.0864. The molecule has 6 heteroatoms. The molecular weight excluding hydrogens is 348 g/mol. The number of carbonyl (C=O) groups excluding carboxylic acids is 1. The number of rotatable bonds is 4. The summed E-state index contributed by atoms with van der Waals surface area (Å²) >= 11 is 0. The highest BCUT2D eigenvalue weighted by atomic mass is 32.2. The number of aryl methyl sites for hydroxylation is 2. The van der Waals surface area contributed by atoms with Gasteiger partial charge >= 0.3 is 0 Å². The highest BCUT2D eigenvalue weighted by Gasteiger charge is 2.31. The summed E-state index contributed by atoms with van der Waals surface area (Å²) in [5, 5.41) is 0.853. The molecule has 0 radical (unpaired) electrons. The predicted molar refractivity (Wildman–Crippen MR) is 101 cm³/mol. The lowest BCUT2D eigenvalue weighted by atomic mass is 10.2. The maximum Gasteiger partial charge on any atom is 0.285 e. The lowest BCUT2D eigenvalue weighted by Crippen LogP contribution is -2.38. The van der Waals surface area contributed by atoms with Crippen molar-refractivity contribution in [3.8, 4) is 12.3 Å². The minimum absolute atomic E-state index is 0.0328. The molecule has 0 N–H and O–H groups in total. The van der Waals surface area contributed by atoms with Gasteiger partial charge in [-0.2, -0.15) is 0 Å². The van der Waals surface area contributed by atoms with Crippen LogP contribution in [-0.4, -0.2) is 29.7 Å². The molecule has 0 aliphatic rings. The van der Waals surface area contributed by atoms with E-state index < -0.39 is 15.9 Å². The summed E-state index contributed by atoms with van der Waals surface area (Å²) in [7, 11) is -2.33. The average molecular weight is 366 g/mol. The molecule has 0 saturated carbocycles. The van der Waals surface area contributed by atoms with Crippen molar-refractivity contribution in [1.82, 2.24) is 8.87 Å². The Kier molecular flexibility index (Phi) is 4.58. The van der Waals surface area contributed by atoms with Gasteiger partial charge in [-0.3, -0.25) is 4.79 Å². The van der Waals surface area contributed by atoms with E-state index in [1.807, 2.05) is 31.2 Å². The molecule has 1 aromatic heterocycles. The fourth-order valence-electron chi connectivity index (χ4n) is 2.81. The van der Waals surface area contributed by atoms with E-state index in [1.54, 1.807) is 29.8 Å². The molecule has 132 valence electrons. The van der Waals surface area contributed by atoms with Crippen molar-refractivity contribution in [2.24, 2.45) is 7.05 Å². The summed E-state index contributed by atoms with van der Waals surface area (Å²) in [6.07, 6.45) is 5.34. The number of amides is 1. The van der Waals surface area contributed by atoms with Crippen molar-refractivity contribution in [3.63, 3.8) is 0 Å². The number of hydrogen-bond acceptors (Lipinski definition) is 3. The molecule has 26 heavy (non-hydrogen) atoms. The molecule has 3 aromatic rings. The minimum Gasteiger partial charge on any atom is -0.340 e. The van der Waals surface area contributed by atoms with Gasteiger partial charge in [-0.15, -0.1) is 6.42 Å². The summed E-state index contributed by atoms with van der Waals surface area (Å²) in [6.45, 7) is 1.52. The Bertz CT molecular complexity index is 1120. The number of carbonyl (C=O) groups is 1. The van der Waals surface area contributed by atoms with E-state index in [0.29, 0.717) is 0 Å². The Morgan fingerprint density at radius 3 is 2.42 bits per heavy atom. The van der Waals surface area contributed by atoms with Crippen molar-refractivity contribution in [3.05, 3.63) is 65.9 Å². The van der Waals surface area contributed by atoms with Gasteiger partial charge in [-0.05, 0) is 31.2 Å². The van der Waals surface area contributed by atoms with E-state index >= 15 is 0 Å². The van der Waals surface area contributed by atoms with Crippen LogP contribution in [0.15, 0.2) is 59.5 Å². The van der Waals surface area contributed by atoms with E-state index in [1.165, 1.54) is 12.1 Å². The summed E-state index contributed by atoms with van der Waals surface area (Å²) < 4.78 is 28.4. The number of para-hydroxylation sites is 1. The van der Waals surface area contributed by atoms with Crippen LogP contribution in [0.4, 0.5) is 0 Å². The van der Waals surface area contributed by atoms with Gasteiger partial charge in [0.25, 0.3) is 15.9 Å². The monoisotopic (exact) mass is 366 g/mol. The van der Waals surface area contributed by atoms with Crippen LogP contribution in [0.3, 0.4) is 0 Å². The molecule has 0 unspecified atom stereocenters. The third kappa shape index (κ3) is 2.98. The molecule has 0 spiro atoms. The molecule has 0 saturated heterocycles. The van der Waals surface area contributed by atoms with Crippen LogP contribution in [0.25, 0.3) is 10.9 Å². The van der Waals surface area contributed by atoms with E-state index in [0.717, 1.165) is 20.8 Å². The molecule has 0 bridgehead atoms. The maximum atomic E-state index is 13.0. The molecule has 5 nitrogen and oxygen atoms in total. The first-order valence-corrected chi connectivity index (χ1v) is 9.42. The zero-order chi connectivity index (χ0) is 18.9. The number of benzene rings is 2. The molecule has 1 heterocycles. The molecule has 0 fully saturated rings. The third-order valence-corrected chi connectivity index (χ3v) is 5.98. The van der Waals surface area contributed by atoms with Crippen molar-refractivity contribution in [2.45, 2.75) is 11.8 Å². The maximum absolute atomic E-state index is 13.0. The summed E-state index contributed by atoms with van der Waals surface area (Å²) in [5.41, 5.74) is 2.02. The fourth-order valence-corrected chi connectivity index (χ4v) is 4.10. The zero-order valence-electron chi connectivity index (χ0n) is 14.5. The molecule has 1 amide bonds. The van der Waals surface area contributed by atoms with E-state index in [4.69, 9.17) is 6.42 Å². The number of fused-ring (bicyclic) bond motifs is 1. The third-order valence-electron chi connectivity index (χ3n) is 4.24. The Labute approximate surface area is 152 Å². The number of aromatic nitrogens is 1. The summed E-state index contributed by atoms with van der Waals surface area (Å²) in [5.74, 6) is 1.62. The topological polar surface area (TPSA) is 59.4 Å². The molecule has 0 aliphatic carbocycles. The average Bonchev–Trinajstić information content (AvgIpc) is 2.96. The predicted octanol–water partition coefficient (Wildman–Crippen LogP) is 2.95. The summed E-state index contributed by atoms with van der Waals surface area (Å²) in [4.78, 5) is 13.1. The number of nitrogens with zero attached hydrogens (tertiary/aromatic N) is 2. The number of terminal acetylenes is 1. The SMILES string of the molecule is C#CCN(C(=O)c1cc2ccccc2n1C)S(=O)(=O)c1ccc(C)cc1. The van der Waals surface area contributed by atoms with E-state index in [-0.39, 0.29) is 17.1 Å². The minimum atomic E-state index is -4.05. The highest BCUT2D eigenvalue weighted by molar-refractivity contribution is 7.89. The van der Waals surface area contributed by atoms with Crippen molar-refractivity contribution >= 4 is 26.8 Å². The molecular formula is C20H18N2O3S. The Morgan fingerprint density at radius 2 is 1.81 bits per heavy atom. The van der Waals surface area contributed by atoms with Crippen molar-refractivity contribution < 1.29 is 13.2 Å². The number of sulfonamides is 1. The fraction of sp³-hybridized carbons (Fsp3) is 0.150. The van der Waals surface area contributed by atoms with Gasteiger partial charge in [0.2, 0.25) is 0 Å². The second kappa shape index (κ2) is 6.70. The zero-order valence-corrected chi connectivity index (χ0v) is 15.3. The first kappa shape index (κ1) is 17.8. The van der Waals surface area contributed by atoms with Gasteiger partial charge in [0.05, 0.1) is 11.4 Å². The van der Waals surface area contributed by atoms with Gasteiger partial charge in [0.15, 0.2) is 0 Å². The van der Waals surface area contributed by atoms with Crippen LogP contribution in [-0.2, 0) is 17.1 Å². The largest absolute Gasteiger partial charge is 0.340 e. The van der Waals surface area contributed by atoms with Gasteiger partial charge in [0.1, 0.15) is 5.69 Å². The Hall–Kier alpha value is -3.04. The van der Waals surface area contributed by atoms with Crippen LogP contribution in [0.1, 0.15) is 16.1 Å². The van der Waals surface area contributed by atoms with Crippen LogP contribution in [0.5, 0.6) is 0 Å². The van der Waals surface area contributed by atoms with Crippen LogP contribution in [0, 0.1) is 19.3 Å². The second-order valence-electron chi connectivity index (χ2n) is 5.98. The Balaban J connectivity index is 2.09. The summed E-state index contributed by atoms with van der Waals surface area (Å²) in [6, 6.07) is 15.4. The highest BCUT2D eigenvalue weighted by Crippen LogP contribution is 2.23. The van der Waals surface area contributed by atoms with Gasteiger partial charge in [0, 0.05) is 18.0 Å². The van der Waals surface area contributed by atoms with E-state index in [2.05, 4.69) is 5.92 Å². The molecule has 0 atom stereocenters. The first-order chi connectivity index (χ1) is 12.4. The molecule has 3 rings (SSSR count). The number of hydrogen-bond donors (Lipinski definition) is 0. The lowest BCUT2D eigenvalue weighted by Gasteiger charge is -2.20. The van der Waals surface area contributed by atoms with Crippen LogP contribution >= 0.6 is 0 Å². The van der Waals surface area contributed by atoms with Gasteiger partial charge in [-0.1, -0.05) is 41.8 Å². The quantitative estimate of drug-likeness (QED) is 0.667. The van der Waals surface area contributed by atoms with Crippen molar-refractivity contribution in [1.29, 1.82) is 0 Å². The molecule has 0 aliphatic heterocycles. The first-order valence-electron chi connectivity index (χ1n) is 7.98. The van der Waals surface area contributed by atoms with Crippen molar-refractivity contribution in [2.75, 3.05) is 6.54 Å². The standard InChI is InChI=1S/C20H18N2O3S/c1-4-13-22(26(24,25)17-11-9-15(2)10-12-17)20(23)19-14-16-7-5-6-8-18(16)21(19)3/h1,5-12,14H,13H2,2-3H3.